The van der Waals surface area contributed by atoms with Crippen LogP contribution in [0.5, 0.6) is 0 Å². The molecule has 8 heteroatoms. The van der Waals surface area contributed by atoms with E-state index >= 15 is 0 Å². The van der Waals surface area contributed by atoms with Crippen LogP contribution in [0.4, 0.5) is 18.3 Å². The largest absolute Gasteiger partial charge is 0.393 e. The number of carbonyl (C=O) groups excluding carboxylic acids is 1. The Morgan fingerprint density at radius 1 is 1.60 bits per heavy atom. The van der Waals surface area contributed by atoms with E-state index in [1.165, 1.54) is 18.3 Å². The average molecular weight is 307 g/mol. The Hall–Kier alpha value is -1.15. The van der Waals surface area contributed by atoms with Crippen molar-refractivity contribution < 1.29 is 18.0 Å². The molecule has 0 radical (unpaired) electrons. The summed E-state index contributed by atoms with van der Waals surface area (Å²) in [6, 6.07) is 0. The van der Waals surface area contributed by atoms with E-state index in [1.54, 1.807) is 10.3 Å². The van der Waals surface area contributed by atoms with Gasteiger partial charge in [-0.3, -0.25) is 9.69 Å². The molecule has 1 atom stereocenters. The second-order valence-electron chi connectivity index (χ2n) is 4.94. The van der Waals surface area contributed by atoms with Gasteiger partial charge in [-0.05, 0) is 19.4 Å². The maximum absolute atomic E-state index is 12.7. The van der Waals surface area contributed by atoms with Gasteiger partial charge in [0.25, 0.3) is 0 Å². The highest BCUT2D eigenvalue weighted by atomic mass is 32.1. The van der Waals surface area contributed by atoms with Crippen molar-refractivity contribution in [1.82, 2.24) is 9.88 Å². The predicted octanol–water partition coefficient (Wildman–Crippen LogP) is 2.88. The highest BCUT2D eigenvalue weighted by Crippen LogP contribution is 2.33. The van der Waals surface area contributed by atoms with Crippen molar-refractivity contribution in [3.05, 3.63) is 11.1 Å². The number of hydrogen-bond donors (Lipinski definition) is 1. The summed E-state index contributed by atoms with van der Waals surface area (Å²) in [5.74, 6) is -1.45. The molecule has 1 aromatic heterocycles. The highest BCUT2D eigenvalue weighted by Gasteiger charge is 2.41. The Kier molecular flexibility index (Phi) is 4.64. The number of carbonyl (C=O) groups is 1. The van der Waals surface area contributed by atoms with Crippen LogP contribution in [0.2, 0.25) is 0 Å². The molecule has 0 aliphatic carbocycles. The molecule has 1 saturated heterocycles. The van der Waals surface area contributed by atoms with Crippen LogP contribution in [-0.4, -0.2) is 35.1 Å². The van der Waals surface area contributed by atoms with Gasteiger partial charge in [0.2, 0.25) is 5.91 Å². The maximum Gasteiger partial charge on any atom is 0.393 e. The molecule has 0 saturated carbocycles. The highest BCUT2D eigenvalue weighted by molar-refractivity contribution is 7.13. The van der Waals surface area contributed by atoms with Gasteiger partial charge in [0.15, 0.2) is 5.13 Å². The fourth-order valence-electron chi connectivity index (χ4n) is 2.28. The third-order valence-corrected chi connectivity index (χ3v) is 4.00. The van der Waals surface area contributed by atoms with E-state index in [2.05, 4.69) is 10.3 Å². The van der Waals surface area contributed by atoms with E-state index in [0.29, 0.717) is 30.3 Å². The van der Waals surface area contributed by atoms with Crippen molar-refractivity contribution in [2.24, 2.45) is 5.92 Å². The molecule has 1 N–H and O–H groups in total. The number of nitrogens with zero attached hydrogens (tertiary/aromatic N) is 2. The van der Waals surface area contributed by atoms with Crippen LogP contribution in [0.15, 0.2) is 5.38 Å². The molecular formula is C12H16F3N3OS. The number of halogens is 3. The average Bonchev–Trinajstić information content (AvgIpc) is 2.75. The van der Waals surface area contributed by atoms with Gasteiger partial charge in [0, 0.05) is 25.4 Å². The Morgan fingerprint density at radius 2 is 2.35 bits per heavy atom. The molecule has 1 amide bonds. The lowest BCUT2D eigenvalue weighted by Crippen LogP contribution is -2.41. The molecule has 1 aliphatic rings. The molecule has 112 valence electrons. The van der Waals surface area contributed by atoms with Crippen LogP contribution in [0.25, 0.3) is 0 Å². The van der Waals surface area contributed by atoms with Crippen LogP contribution in [0.3, 0.4) is 0 Å². The summed E-state index contributed by atoms with van der Waals surface area (Å²) < 4.78 is 38.1. The summed E-state index contributed by atoms with van der Waals surface area (Å²) in [6.07, 6.45) is -3.37. The number of anilines is 1. The fourth-order valence-corrected chi connectivity index (χ4v) is 3.03. The SMILES string of the molecule is CC(=O)Nc1nc(CN2CCC[C@H](C(F)(F)F)C2)cs1. The second kappa shape index (κ2) is 6.09. The molecule has 0 bridgehead atoms. The number of alkyl halides is 3. The van der Waals surface area contributed by atoms with Gasteiger partial charge in [-0.2, -0.15) is 13.2 Å². The number of hydrogen-bond acceptors (Lipinski definition) is 4. The first-order valence-corrected chi connectivity index (χ1v) is 7.23. The van der Waals surface area contributed by atoms with Crippen LogP contribution < -0.4 is 5.32 Å². The van der Waals surface area contributed by atoms with Crippen molar-refractivity contribution in [2.45, 2.75) is 32.5 Å². The van der Waals surface area contributed by atoms with E-state index in [-0.39, 0.29) is 18.9 Å². The monoisotopic (exact) mass is 307 g/mol. The molecule has 2 heterocycles. The number of likely N-dealkylation sites (tertiary alicyclic amines) is 1. The first-order valence-electron chi connectivity index (χ1n) is 6.35. The van der Waals surface area contributed by atoms with Gasteiger partial charge in [0.05, 0.1) is 11.6 Å². The maximum atomic E-state index is 12.7. The van der Waals surface area contributed by atoms with Gasteiger partial charge < -0.3 is 5.32 Å². The summed E-state index contributed by atoms with van der Waals surface area (Å²) in [6.45, 7) is 2.46. The first kappa shape index (κ1) is 15.2. The van der Waals surface area contributed by atoms with Crippen molar-refractivity contribution in [3.63, 3.8) is 0 Å². The van der Waals surface area contributed by atoms with E-state index in [9.17, 15) is 18.0 Å². The van der Waals surface area contributed by atoms with Crippen LogP contribution in [0, 0.1) is 5.92 Å². The van der Waals surface area contributed by atoms with Gasteiger partial charge in [0.1, 0.15) is 0 Å². The van der Waals surface area contributed by atoms with Crippen molar-refractivity contribution in [3.8, 4) is 0 Å². The Bertz CT molecular complexity index is 475. The molecule has 20 heavy (non-hydrogen) atoms. The van der Waals surface area contributed by atoms with Crippen LogP contribution in [-0.2, 0) is 11.3 Å². The molecule has 4 nitrogen and oxygen atoms in total. The van der Waals surface area contributed by atoms with Crippen molar-refractivity contribution in [1.29, 1.82) is 0 Å². The third-order valence-electron chi connectivity index (χ3n) is 3.19. The first-order chi connectivity index (χ1) is 9.34. The standard InChI is InChI=1S/C12H16F3N3OS/c1-8(19)16-11-17-10(7-20-11)6-18-4-2-3-9(5-18)12(13,14)15/h7,9H,2-6H2,1H3,(H,16,17,19)/t9-/m0/s1. The smallest absolute Gasteiger partial charge is 0.302 e. The second-order valence-corrected chi connectivity index (χ2v) is 5.80. The molecule has 0 aromatic carbocycles. The molecule has 1 fully saturated rings. The zero-order chi connectivity index (χ0) is 14.8. The quantitative estimate of drug-likeness (QED) is 0.934. The van der Waals surface area contributed by atoms with Gasteiger partial charge in [-0.1, -0.05) is 0 Å². The third kappa shape index (κ3) is 4.17. The van der Waals surface area contributed by atoms with E-state index in [1.807, 2.05) is 0 Å². The van der Waals surface area contributed by atoms with Gasteiger partial charge in [-0.15, -0.1) is 11.3 Å². The lowest BCUT2D eigenvalue weighted by atomic mass is 9.97. The summed E-state index contributed by atoms with van der Waals surface area (Å²) in [5.41, 5.74) is 0.696. The normalized spacial score (nSPS) is 20.9. The molecule has 0 spiro atoms. The van der Waals surface area contributed by atoms with E-state index in [4.69, 9.17) is 0 Å². The van der Waals surface area contributed by atoms with E-state index < -0.39 is 12.1 Å². The van der Waals surface area contributed by atoms with Crippen molar-refractivity contribution >= 4 is 22.4 Å². The number of nitrogens with one attached hydrogen (secondary N) is 1. The minimum Gasteiger partial charge on any atom is -0.302 e. The Balaban J connectivity index is 1.92. The summed E-state index contributed by atoms with van der Waals surface area (Å²) in [5, 5.41) is 4.81. The zero-order valence-electron chi connectivity index (χ0n) is 11.0. The summed E-state index contributed by atoms with van der Waals surface area (Å²) in [7, 11) is 0. The number of rotatable bonds is 3. The van der Waals surface area contributed by atoms with Crippen LogP contribution in [0.1, 0.15) is 25.5 Å². The molecule has 2 rings (SSSR count). The van der Waals surface area contributed by atoms with Gasteiger partial charge >= 0.3 is 6.18 Å². The van der Waals surface area contributed by atoms with Crippen molar-refractivity contribution in [2.75, 3.05) is 18.4 Å². The van der Waals surface area contributed by atoms with Crippen LogP contribution >= 0.6 is 11.3 Å². The number of piperidine rings is 1. The number of aromatic nitrogens is 1. The number of amides is 1. The fraction of sp³-hybridized carbons (Fsp3) is 0.667. The molecule has 1 aromatic rings. The van der Waals surface area contributed by atoms with E-state index in [0.717, 1.165) is 0 Å². The lowest BCUT2D eigenvalue weighted by Gasteiger charge is -2.33. The predicted molar refractivity (Wildman–Crippen MR) is 70.5 cm³/mol. The minimum absolute atomic E-state index is 0.0243. The molecular weight excluding hydrogens is 291 g/mol. The minimum atomic E-state index is -4.12. The Labute approximate surface area is 119 Å². The lowest BCUT2D eigenvalue weighted by molar-refractivity contribution is -0.187. The summed E-state index contributed by atoms with van der Waals surface area (Å²) in [4.78, 5) is 16.9. The molecule has 1 aliphatic heterocycles. The Morgan fingerprint density at radius 3 is 3.00 bits per heavy atom. The zero-order valence-corrected chi connectivity index (χ0v) is 11.9. The molecule has 0 unspecified atom stereocenters. The van der Waals surface area contributed by atoms with Gasteiger partial charge in [-0.25, -0.2) is 4.98 Å². The summed E-state index contributed by atoms with van der Waals surface area (Å²) >= 11 is 1.28. The number of thiazole rings is 1. The topological polar surface area (TPSA) is 45.2 Å².